The van der Waals surface area contributed by atoms with E-state index in [0.717, 1.165) is 48.5 Å². The molecule has 0 saturated carbocycles. The van der Waals surface area contributed by atoms with Crippen molar-refractivity contribution in [2.45, 2.75) is 0 Å². The highest BCUT2D eigenvalue weighted by molar-refractivity contribution is 5.75. The fourth-order valence-corrected chi connectivity index (χ4v) is 3.31. The molecule has 0 aromatic heterocycles. The van der Waals surface area contributed by atoms with Gasteiger partial charge in [-0.1, -0.05) is 0 Å². The first-order chi connectivity index (χ1) is 18.1. The van der Waals surface area contributed by atoms with Gasteiger partial charge in [-0.05, 0) is 48.5 Å². The molecule has 0 aliphatic carbocycles. The van der Waals surface area contributed by atoms with Gasteiger partial charge in [0.05, 0.1) is 11.1 Å². The molecular formula is C26H10F8O4. The third-order valence-corrected chi connectivity index (χ3v) is 5.17. The molecule has 0 aliphatic heterocycles. The zero-order valence-corrected chi connectivity index (χ0v) is 18.4. The molecule has 0 aliphatic rings. The number of carbonyl (C=O) groups is 2. The molecule has 4 rings (SSSR count). The third-order valence-electron chi connectivity index (χ3n) is 5.17. The van der Waals surface area contributed by atoms with Crippen LogP contribution >= 0.6 is 0 Å². The van der Waals surface area contributed by atoms with Gasteiger partial charge >= 0.3 is 0 Å². The van der Waals surface area contributed by atoms with Crippen LogP contribution in [0.4, 0.5) is 35.1 Å². The Bertz CT molecular complexity index is 1390. The van der Waals surface area contributed by atoms with Gasteiger partial charge in [-0.25, -0.2) is 17.6 Å². The number of hydrogen-bond donors (Lipinski definition) is 0. The summed E-state index contributed by atoms with van der Waals surface area (Å²) >= 11 is 0. The topological polar surface area (TPSA) is 52.6 Å². The van der Waals surface area contributed by atoms with Crippen molar-refractivity contribution >= 4 is 12.6 Å². The predicted molar refractivity (Wildman–Crippen MR) is 115 cm³/mol. The van der Waals surface area contributed by atoms with Crippen LogP contribution in [0.15, 0.2) is 48.5 Å². The third kappa shape index (κ3) is 4.56. The minimum Gasteiger partial charge on any atom is -0.451 e. The lowest BCUT2D eigenvalue weighted by molar-refractivity contribution is 0.111. The summed E-state index contributed by atoms with van der Waals surface area (Å²) in [5.41, 5.74) is -3.91. The maximum atomic E-state index is 14.8. The fourth-order valence-electron chi connectivity index (χ4n) is 3.31. The average Bonchev–Trinajstić information content (AvgIpc) is 2.93. The van der Waals surface area contributed by atoms with E-state index in [9.17, 15) is 44.7 Å². The van der Waals surface area contributed by atoms with Gasteiger partial charge in [0.15, 0.2) is 23.3 Å². The Balaban J connectivity index is 1.81. The summed E-state index contributed by atoms with van der Waals surface area (Å²) in [5.74, 6) is -22.8. The second-order valence-corrected chi connectivity index (χ2v) is 7.50. The Labute approximate surface area is 207 Å². The van der Waals surface area contributed by atoms with Gasteiger partial charge in [-0.2, -0.15) is 17.6 Å². The van der Waals surface area contributed by atoms with Gasteiger partial charge in [0.25, 0.3) is 0 Å². The number of hydrogen-bond acceptors (Lipinski definition) is 4. The zero-order valence-electron chi connectivity index (χ0n) is 18.4. The number of carbonyl (C=O) groups excluding carboxylic acids is 2. The van der Waals surface area contributed by atoms with Crippen molar-refractivity contribution in [2.24, 2.45) is 0 Å². The quantitative estimate of drug-likeness (QED) is 0.138. The number of rotatable bonds is 7. The standard InChI is InChI=1S/C26H10F8O4/c27-17-15(18(28)22(32)25(21(17)31)37-13-5-1-11(9-35)2-6-13)16-19(29)23(33)26(24(34)20(16)30)38-14-7-3-12(10-36)4-8-14/h1-10H. The molecule has 0 radical (unpaired) electrons. The molecule has 0 unspecified atom stereocenters. The lowest BCUT2D eigenvalue weighted by Gasteiger charge is -2.16. The maximum absolute atomic E-state index is 14.8. The zero-order chi connectivity index (χ0) is 27.7. The summed E-state index contributed by atoms with van der Waals surface area (Å²) in [5, 5.41) is 0. The summed E-state index contributed by atoms with van der Waals surface area (Å²) in [4.78, 5) is 21.4. The summed E-state index contributed by atoms with van der Waals surface area (Å²) in [7, 11) is 0. The van der Waals surface area contributed by atoms with E-state index in [1.807, 2.05) is 0 Å². The molecule has 4 nitrogen and oxygen atoms in total. The van der Waals surface area contributed by atoms with Crippen molar-refractivity contribution in [3.05, 3.63) is 106 Å². The summed E-state index contributed by atoms with van der Waals surface area (Å²) in [6, 6.07) is 8.71. The highest BCUT2D eigenvalue weighted by Crippen LogP contribution is 2.43. The van der Waals surface area contributed by atoms with Crippen molar-refractivity contribution in [1.82, 2.24) is 0 Å². The van der Waals surface area contributed by atoms with Crippen LogP contribution in [0.2, 0.25) is 0 Å². The van der Waals surface area contributed by atoms with E-state index in [-0.39, 0.29) is 22.6 Å². The molecule has 0 saturated heterocycles. The first kappa shape index (κ1) is 26.3. The number of benzene rings is 4. The SMILES string of the molecule is O=Cc1ccc(Oc2c(F)c(F)c(-c3c(F)c(F)c(Oc4ccc(C=O)cc4)c(F)c3F)c(F)c2F)cc1. The molecule has 38 heavy (non-hydrogen) atoms. The summed E-state index contributed by atoms with van der Waals surface area (Å²) < 4.78 is 127. The van der Waals surface area contributed by atoms with Gasteiger partial charge in [-0.15, -0.1) is 0 Å². The van der Waals surface area contributed by atoms with Crippen LogP contribution in [-0.2, 0) is 0 Å². The van der Waals surface area contributed by atoms with Crippen molar-refractivity contribution < 1.29 is 54.2 Å². The van der Waals surface area contributed by atoms with Crippen molar-refractivity contribution in [1.29, 1.82) is 0 Å². The molecule has 0 amide bonds. The van der Waals surface area contributed by atoms with E-state index in [1.165, 1.54) is 0 Å². The molecule has 4 aromatic carbocycles. The summed E-state index contributed by atoms with van der Waals surface area (Å²) in [6.07, 6.45) is 0.861. The van der Waals surface area contributed by atoms with E-state index in [1.54, 1.807) is 0 Å². The minimum absolute atomic E-state index is 0.131. The molecule has 0 bridgehead atoms. The van der Waals surface area contributed by atoms with Crippen molar-refractivity contribution in [2.75, 3.05) is 0 Å². The van der Waals surface area contributed by atoms with Crippen LogP contribution in [0.3, 0.4) is 0 Å². The monoisotopic (exact) mass is 538 g/mol. The molecule has 0 atom stereocenters. The Morgan fingerprint density at radius 3 is 0.921 bits per heavy atom. The molecule has 0 heterocycles. The highest BCUT2D eigenvalue weighted by atomic mass is 19.2. The molecule has 0 spiro atoms. The van der Waals surface area contributed by atoms with Crippen molar-refractivity contribution in [3.8, 4) is 34.1 Å². The lowest BCUT2D eigenvalue weighted by atomic mass is 10.0. The minimum atomic E-state index is -2.42. The van der Waals surface area contributed by atoms with Gasteiger partial charge < -0.3 is 9.47 Å². The molecule has 194 valence electrons. The average molecular weight is 538 g/mol. The first-order valence-electron chi connectivity index (χ1n) is 10.3. The van der Waals surface area contributed by atoms with E-state index in [4.69, 9.17) is 9.47 Å². The van der Waals surface area contributed by atoms with Crippen LogP contribution in [-0.4, -0.2) is 12.6 Å². The van der Waals surface area contributed by atoms with Crippen LogP contribution < -0.4 is 9.47 Å². The molecule has 4 aromatic rings. The van der Waals surface area contributed by atoms with Crippen molar-refractivity contribution in [3.63, 3.8) is 0 Å². The first-order valence-corrected chi connectivity index (χ1v) is 10.3. The molecule has 0 N–H and O–H groups in total. The highest BCUT2D eigenvalue weighted by Gasteiger charge is 2.35. The number of halogens is 8. The van der Waals surface area contributed by atoms with E-state index in [2.05, 4.69) is 0 Å². The van der Waals surface area contributed by atoms with E-state index in [0.29, 0.717) is 12.6 Å². The lowest BCUT2D eigenvalue weighted by Crippen LogP contribution is -2.09. The number of aldehydes is 2. The Hall–Kier alpha value is -4.74. The Morgan fingerprint density at radius 2 is 0.684 bits per heavy atom. The van der Waals surface area contributed by atoms with Crippen LogP contribution in [0.1, 0.15) is 20.7 Å². The van der Waals surface area contributed by atoms with Gasteiger partial charge in [0.1, 0.15) is 24.1 Å². The largest absolute Gasteiger partial charge is 0.451 e. The van der Waals surface area contributed by atoms with Gasteiger partial charge in [0, 0.05) is 11.1 Å². The summed E-state index contributed by atoms with van der Waals surface area (Å²) in [6.45, 7) is 0. The maximum Gasteiger partial charge on any atom is 0.205 e. The van der Waals surface area contributed by atoms with Gasteiger partial charge in [-0.3, -0.25) is 9.59 Å². The van der Waals surface area contributed by atoms with Gasteiger partial charge in [0.2, 0.25) is 34.8 Å². The Kier molecular flexibility index (Phi) is 7.15. The Morgan fingerprint density at radius 1 is 0.421 bits per heavy atom. The second-order valence-electron chi connectivity index (χ2n) is 7.50. The smallest absolute Gasteiger partial charge is 0.205 e. The van der Waals surface area contributed by atoms with Crippen LogP contribution in [0.5, 0.6) is 23.0 Å². The normalized spacial score (nSPS) is 10.8. The molecular weight excluding hydrogens is 528 g/mol. The van der Waals surface area contributed by atoms with E-state index < -0.39 is 69.2 Å². The van der Waals surface area contributed by atoms with E-state index >= 15 is 0 Å². The fraction of sp³-hybridized carbons (Fsp3) is 0. The molecule has 0 fully saturated rings. The van der Waals surface area contributed by atoms with Crippen LogP contribution in [0, 0.1) is 46.5 Å². The molecule has 12 heteroatoms. The predicted octanol–water partition coefficient (Wildman–Crippen LogP) is 7.68. The number of ether oxygens (including phenoxy) is 2. The second kappa shape index (κ2) is 10.3. The van der Waals surface area contributed by atoms with Crippen LogP contribution in [0.25, 0.3) is 11.1 Å².